The Labute approximate surface area is 114 Å². The van der Waals surface area contributed by atoms with Gasteiger partial charge >= 0.3 is 6.09 Å². The quantitative estimate of drug-likeness (QED) is 0.572. The first-order valence-electron chi connectivity index (χ1n) is 5.41. The first-order valence-corrected chi connectivity index (χ1v) is 6.49. The van der Waals surface area contributed by atoms with E-state index in [1.807, 2.05) is 18.2 Å². The molecule has 92 valence electrons. The number of carbonyl (C=O) groups is 1. The molecule has 0 saturated carbocycles. The zero-order valence-electron chi connectivity index (χ0n) is 9.60. The van der Waals surface area contributed by atoms with Crippen LogP contribution in [-0.4, -0.2) is 49.3 Å². The van der Waals surface area contributed by atoms with Gasteiger partial charge in [-0.25, -0.2) is 9.78 Å². The van der Waals surface area contributed by atoms with Crippen LogP contribution in [0.1, 0.15) is 0 Å². The smallest absolute Gasteiger partial charge is 0.409 e. The molecule has 0 atom stereocenters. The lowest BCUT2D eigenvalue weighted by atomic mass is 10.3. The van der Waals surface area contributed by atoms with Crippen LogP contribution in [0.5, 0.6) is 0 Å². The van der Waals surface area contributed by atoms with Gasteiger partial charge in [-0.1, -0.05) is 6.07 Å². The number of hydrogen-bond acceptors (Lipinski definition) is 4. The molecule has 1 aliphatic rings. The van der Waals surface area contributed by atoms with Gasteiger partial charge in [0.1, 0.15) is 9.52 Å². The molecule has 0 aliphatic carbocycles. The van der Waals surface area contributed by atoms with Crippen molar-refractivity contribution in [3.63, 3.8) is 0 Å². The molecule has 5 nitrogen and oxygen atoms in total. The molecule has 0 aromatic carbocycles. The van der Waals surface area contributed by atoms with Gasteiger partial charge in [0.05, 0.1) is 7.11 Å². The van der Waals surface area contributed by atoms with Crippen molar-refractivity contribution in [1.82, 2.24) is 9.88 Å². The predicted molar refractivity (Wildman–Crippen MR) is 73.1 cm³/mol. The van der Waals surface area contributed by atoms with E-state index in [2.05, 4.69) is 32.5 Å². The Morgan fingerprint density at radius 3 is 2.65 bits per heavy atom. The summed E-state index contributed by atoms with van der Waals surface area (Å²) in [5.41, 5.74) is 0. The molecule has 2 heterocycles. The zero-order chi connectivity index (χ0) is 12.3. The van der Waals surface area contributed by atoms with Gasteiger partial charge in [-0.15, -0.1) is 0 Å². The van der Waals surface area contributed by atoms with Crippen LogP contribution in [0.25, 0.3) is 0 Å². The number of anilines is 1. The van der Waals surface area contributed by atoms with E-state index >= 15 is 0 Å². The van der Waals surface area contributed by atoms with E-state index in [-0.39, 0.29) is 6.09 Å². The molecule has 6 heteroatoms. The van der Waals surface area contributed by atoms with Gasteiger partial charge in [-0.2, -0.15) is 0 Å². The van der Waals surface area contributed by atoms with Crippen molar-refractivity contribution in [1.29, 1.82) is 0 Å². The summed E-state index contributed by atoms with van der Waals surface area (Å²) in [5, 5.41) is 0. The maximum atomic E-state index is 11.3. The molecule has 0 radical (unpaired) electrons. The highest BCUT2D eigenvalue weighted by Crippen LogP contribution is 2.15. The average molecular weight is 347 g/mol. The second-order valence-electron chi connectivity index (χ2n) is 3.76. The van der Waals surface area contributed by atoms with E-state index in [4.69, 9.17) is 4.74 Å². The number of rotatable bonds is 1. The fourth-order valence-electron chi connectivity index (χ4n) is 1.82. The number of nitrogens with zero attached hydrogens (tertiary/aromatic N) is 3. The number of aromatic nitrogens is 1. The monoisotopic (exact) mass is 347 g/mol. The number of carbonyl (C=O) groups excluding carboxylic acids is 1. The molecular weight excluding hydrogens is 333 g/mol. The van der Waals surface area contributed by atoms with E-state index in [1.54, 1.807) is 4.90 Å². The minimum Gasteiger partial charge on any atom is -0.453 e. The second kappa shape index (κ2) is 5.52. The highest BCUT2D eigenvalue weighted by molar-refractivity contribution is 14.1. The van der Waals surface area contributed by atoms with Crippen LogP contribution in [0.3, 0.4) is 0 Å². The normalized spacial score (nSPS) is 15.9. The van der Waals surface area contributed by atoms with Crippen LogP contribution >= 0.6 is 22.6 Å². The number of amides is 1. The number of methoxy groups -OCH3 is 1. The van der Waals surface area contributed by atoms with Crippen molar-refractivity contribution >= 4 is 34.5 Å². The van der Waals surface area contributed by atoms with Crippen molar-refractivity contribution < 1.29 is 9.53 Å². The number of pyridine rings is 1. The van der Waals surface area contributed by atoms with Crippen molar-refractivity contribution in [3.05, 3.63) is 21.9 Å². The Bertz CT molecular complexity index is 405. The molecule has 1 saturated heterocycles. The van der Waals surface area contributed by atoms with Crippen molar-refractivity contribution in [2.24, 2.45) is 0 Å². The van der Waals surface area contributed by atoms with Gasteiger partial charge in [-0.3, -0.25) is 0 Å². The molecule has 1 aromatic heterocycles. The first-order chi connectivity index (χ1) is 8.20. The van der Waals surface area contributed by atoms with E-state index in [0.29, 0.717) is 13.1 Å². The Morgan fingerprint density at radius 2 is 2.06 bits per heavy atom. The largest absolute Gasteiger partial charge is 0.453 e. The number of piperazine rings is 1. The molecule has 17 heavy (non-hydrogen) atoms. The molecular formula is C11H14IN3O2. The van der Waals surface area contributed by atoms with Crippen molar-refractivity contribution in [2.45, 2.75) is 0 Å². The topological polar surface area (TPSA) is 45.7 Å². The maximum Gasteiger partial charge on any atom is 0.409 e. The predicted octanol–water partition coefficient (Wildman–Crippen LogP) is 1.57. The molecule has 1 fully saturated rings. The summed E-state index contributed by atoms with van der Waals surface area (Å²) in [6, 6.07) is 5.96. The Kier molecular flexibility index (Phi) is 4.03. The highest BCUT2D eigenvalue weighted by atomic mass is 127. The van der Waals surface area contributed by atoms with Crippen LogP contribution in [0.2, 0.25) is 0 Å². The molecule has 0 spiro atoms. The maximum absolute atomic E-state index is 11.3. The van der Waals surface area contributed by atoms with Crippen LogP contribution in [0.4, 0.5) is 10.6 Å². The SMILES string of the molecule is COC(=O)N1CCN(c2cccc(I)n2)CC1. The summed E-state index contributed by atoms with van der Waals surface area (Å²) in [4.78, 5) is 19.7. The molecule has 0 N–H and O–H groups in total. The Hall–Kier alpha value is -1.05. The second-order valence-corrected chi connectivity index (χ2v) is 4.87. The minimum atomic E-state index is -0.250. The van der Waals surface area contributed by atoms with Gasteiger partial charge in [0.15, 0.2) is 0 Å². The standard InChI is InChI=1S/C11H14IN3O2/c1-17-11(16)15-7-5-14(6-8-15)10-4-2-3-9(12)13-10/h2-4H,5-8H2,1H3. The van der Waals surface area contributed by atoms with E-state index in [0.717, 1.165) is 22.6 Å². The van der Waals surface area contributed by atoms with Gasteiger partial charge in [-0.05, 0) is 34.7 Å². The highest BCUT2D eigenvalue weighted by Gasteiger charge is 2.22. The third kappa shape index (κ3) is 2.99. The van der Waals surface area contributed by atoms with Crippen molar-refractivity contribution in [3.8, 4) is 0 Å². The van der Waals surface area contributed by atoms with Crippen molar-refractivity contribution in [2.75, 3.05) is 38.2 Å². The summed E-state index contributed by atoms with van der Waals surface area (Å²) < 4.78 is 5.68. The lowest BCUT2D eigenvalue weighted by Gasteiger charge is -2.34. The first kappa shape index (κ1) is 12.4. The minimum absolute atomic E-state index is 0.250. The van der Waals surface area contributed by atoms with Gasteiger partial charge < -0.3 is 14.5 Å². The number of hydrogen-bond donors (Lipinski definition) is 0. The Morgan fingerprint density at radius 1 is 1.35 bits per heavy atom. The molecule has 1 aromatic rings. The van der Waals surface area contributed by atoms with Gasteiger partial charge in [0.2, 0.25) is 0 Å². The summed E-state index contributed by atoms with van der Waals surface area (Å²) in [7, 11) is 1.41. The van der Waals surface area contributed by atoms with Gasteiger partial charge in [0, 0.05) is 26.2 Å². The molecule has 2 rings (SSSR count). The van der Waals surface area contributed by atoms with Crippen LogP contribution in [0.15, 0.2) is 18.2 Å². The van der Waals surface area contributed by atoms with Crippen LogP contribution < -0.4 is 4.90 Å². The van der Waals surface area contributed by atoms with E-state index < -0.39 is 0 Å². The third-order valence-corrected chi connectivity index (χ3v) is 3.34. The van der Waals surface area contributed by atoms with Crippen LogP contribution in [-0.2, 0) is 4.74 Å². The number of halogens is 1. The third-order valence-electron chi connectivity index (χ3n) is 2.74. The molecule has 0 bridgehead atoms. The average Bonchev–Trinajstić information content (AvgIpc) is 2.38. The fourth-order valence-corrected chi connectivity index (χ4v) is 2.28. The fraction of sp³-hybridized carbons (Fsp3) is 0.455. The molecule has 1 aliphatic heterocycles. The molecule has 0 unspecified atom stereocenters. The molecule has 1 amide bonds. The van der Waals surface area contributed by atoms with E-state index in [9.17, 15) is 4.79 Å². The van der Waals surface area contributed by atoms with Gasteiger partial charge in [0.25, 0.3) is 0 Å². The van der Waals surface area contributed by atoms with E-state index in [1.165, 1.54) is 7.11 Å². The Balaban J connectivity index is 1.97. The summed E-state index contributed by atoms with van der Waals surface area (Å²) in [6.45, 7) is 2.95. The lowest BCUT2D eigenvalue weighted by Crippen LogP contribution is -2.49. The summed E-state index contributed by atoms with van der Waals surface area (Å²) in [5.74, 6) is 0.974. The zero-order valence-corrected chi connectivity index (χ0v) is 11.8. The number of ether oxygens (including phenoxy) is 1. The summed E-state index contributed by atoms with van der Waals surface area (Å²) >= 11 is 2.20. The lowest BCUT2D eigenvalue weighted by molar-refractivity contribution is 0.121. The van der Waals surface area contributed by atoms with Crippen LogP contribution in [0, 0.1) is 3.70 Å². The summed E-state index contributed by atoms with van der Waals surface area (Å²) in [6.07, 6.45) is -0.250.